The highest BCUT2D eigenvalue weighted by Crippen LogP contribution is 2.25. The third kappa shape index (κ3) is 4.38. The molecular formula is C18H29N3O2. The highest BCUT2D eigenvalue weighted by molar-refractivity contribution is 5.74. The molecule has 2 amide bonds. The average molecular weight is 319 g/mol. The van der Waals surface area contributed by atoms with E-state index in [1.165, 1.54) is 5.56 Å². The highest BCUT2D eigenvalue weighted by Gasteiger charge is 2.23. The van der Waals surface area contributed by atoms with E-state index in [0.29, 0.717) is 6.04 Å². The number of hydrogen-bond acceptors (Lipinski definition) is 3. The van der Waals surface area contributed by atoms with Crippen molar-refractivity contribution in [3.63, 3.8) is 0 Å². The number of hydrogen-bond donors (Lipinski definition) is 1. The summed E-state index contributed by atoms with van der Waals surface area (Å²) in [7, 11) is 3.99. The molecule has 0 unspecified atom stereocenters. The van der Waals surface area contributed by atoms with Gasteiger partial charge in [-0.15, -0.1) is 0 Å². The maximum absolute atomic E-state index is 12.3. The van der Waals surface area contributed by atoms with Gasteiger partial charge in [-0.2, -0.15) is 0 Å². The molecule has 128 valence electrons. The molecule has 0 saturated carbocycles. The number of urea groups is 1. The number of benzene rings is 1. The number of carbonyl (C=O) groups excluding carboxylic acids is 1. The van der Waals surface area contributed by atoms with Crippen molar-refractivity contribution in [3.8, 4) is 5.75 Å². The topological polar surface area (TPSA) is 44.8 Å². The van der Waals surface area contributed by atoms with Gasteiger partial charge >= 0.3 is 6.03 Å². The maximum Gasteiger partial charge on any atom is 0.319 e. The first-order chi connectivity index (χ1) is 10.9. The molecule has 1 aliphatic rings. The van der Waals surface area contributed by atoms with Gasteiger partial charge in [-0.1, -0.05) is 12.1 Å². The fraction of sp³-hybridized carbons (Fsp3) is 0.611. The van der Waals surface area contributed by atoms with Crippen molar-refractivity contribution in [2.45, 2.75) is 39.7 Å². The molecule has 1 N–H and O–H groups in total. The summed E-state index contributed by atoms with van der Waals surface area (Å²) in [6.45, 7) is 8.41. The molecule has 1 aromatic carbocycles. The molecule has 23 heavy (non-hydrogen) atoms. The van der Waals surface area contributed by atoms with Crippen molar-refractivity contribution in [1.29, 1.82) is 0 Å². The van der Waals surface area contributed by atoms with Gasteiger partial charge in [-0.05, 0) is 70.4 Å². The monoisotopic (exact) mass is 319 g/mol. The number of nitrogens with one attached hydrogen (secondary N) is 1. The summed E-state index contributed by atoms with van der Waals surface area (Å²) in [4.78, 5) is 16.4. The van der Waals surface area contributed by atoms with Crippen LogP contribution >= 0.6 is 0 Å². The zero-order valence-corrected chi connectivity index (χ0v) is 15.0. The summed E-state index contributed by atoms with van der Waals surface area (Å²) in [5.41, 5.74) is 3.41. The lowest BCUT2D eigenvalue weighted by Gasteiger charge is -2.35. The molecule has 0 aliphatic carbocycles. The summed E-state index contributed by atoms with van der Waals surface area (Å²) in [5.74, 6) is 0.868. The van der Waals surface area contributed by atoms with Crippen LogP contribution in [0.2, 0.25) is 0 Å². The molecule has 1 aromatic rings. The number of rotatable bonds is 4. The van der Waals surface area contributed by atoms with Crippen LogP contribution in [0.3, 0.4) is 0 Å². The fourth-order valence-corrected chi connectivity index (χ4v) is 2.99. The maximum atomic E-state index is 12.3. The van der Waals surface area contributed by atoms with Crippen LogP contribution in [0.15, 0.2) is 12.1 Å². The molecule has 1 heterocycles. The predicted molar refractivity (Wildman–Crippen MR) is 93.0 cm³/mol. The van der Waals surface area contributed by atoms with E-state index >= 15 is 0 Å². The summed E-state index contributed by atoms with van der Waals surface area (Å²) in [6, 6.07) is 4.38. The second kappa shape index (κ2) is 7.68. The minimum absolute atomic E-state index is 0.0671. The molecule has 0 spiro atoms. The second-order valence-electron chi connectivity index (χ2n) is 6.57. The Balaban J connectivity index is 1.84. The Morgan fingerprint density at radius 1 is 1.26 bits per heavy atom. The lowest BCUT2D eigenvalue weighted by Crippen LogP contribution is -2.48. The Kier molecular flexibility index (Phi) is 5.88. The van der Waals surface area contributed by atoms with Crippen LogP contribution in [0.1, 0.15) is 29.5 Å². The first-order valence-electron chi connectivity index (χ1n) is 8.29. The average Bonchev–Trinajstić information content (AvgIpc) is 2.54. The molecule has 1 fully saturated rings. The van der Waals surface area contributed by atoms with E-state index < -0.39 is 0 Å². The van der Waals surface area contributed by atoms with E-state index in [4.69, 9.17) is 4.74 Å². The molecule has 1 saturated heterocycles. The zero-order valence-electron chi connectivity index (χ0n) is 15.0. The van der Waals surface area contributed by atoms with Crippen molar-refractivity contribution in [1.82, 2.24) is 15.1 Å². The summed E-state index contributed by atoms with van der Waals surface area (Å²) >= 11 is 0. The minimum Gasteiger partial charge on any atom is -0.473 e. The van der Waals surface area contributed by atoms with E-state index in [2.05, 4.69) is 30.3 Å². The number of piperidine rings is 1. The largest absolute Gasteiger partial charge is 0.473 e. The third-order valence-electron chi connectivity index (χ3n) is 4.87. The van der Waals surface area contributed by atoms with Gasteiger partial charge in [0.05, 0.1) is 0 Å². The summed E-state index contributed by atoms with van der Waals surface area (Å²) in [6.07, 6.45) is 2.05. The normalized spacial score (nSPS) is 16.2. The Hall–Kier alpha value is -1.75. The standard InChI is InChI=1S/C18H29N3O2/c1-13-6-7-14(2)17(15(13)3)23-12-19-18(22)21(5)16-8-10-20(4)11-9-16/h6-7,16H,8-12H2,1-5H3,(H,19,22). The van der Waals surface area contributed by atoms with Crippen LogP contribution in [0, 0.1) is 20.8 Å². The second-order valence-corrected chi connectivity index (χ2v) is 6.57. The van der Waals surface area contributed by atoms with Gasteiger partial charge in [0.2, 0.25) is 0 Å². The number of carbonyl (C=O) groups is 1. The van der Waals surface area contributed by atoms with Crippen molar-refractivity contribution in [2.24, 2.45) is 0 Å². The van der Waals surface area contributed by atoms with Gasteiger partial charge in [-0.25, -0.2) is 4.79 Å². The molecule has 0 radical (unpaired) electrons. The molecular weight excluding hydrogens is 290 g/mol. The van der Waals surface area contributed by atoms with E-state index in [1.54, 1.807) is 0 Å². The van der Waals surface area contributed by atoms with Gasteiger partial charge in [0, 0.05) is 13.1 Å². The van der Waals surface area contributed by atoms with Crippen molar-refractivity contribution < 1.29 is 9.53 Å². The van der Waals surface area contributed by atoms with Crippen LogP contribution in [0.25, 0.3) is 0 Å². The van der Waals surface area contributed by atoms with Gasteiger partial charge in [0.15, 0.2) is 6.73 Å². The lowest BCUT2D eigenvalue weighted by atomic mass is 10.0. The molecule has 0 atom stereocenters. The van der Waals surface area contributed by atoms with Crippen LogP contribution in [-0.4, -0.2) is 55.8 Å². The highest BCUT2D eigenvalue weighted by atomic mass is 16.5. The van der Waals surface area contributed by atoms with Crippen LogP contribution < -0.4 is 10.1 Å². The first kappa shape index (κ1) is 17.6. The summed E-state index contributed by atoms with van der Waals surface area (Å²) in [5, 5.41) is 2.86. The Bertz CT molecular complexity index is 551. The van der Waals surface area contributed by atoms with E-state index in [0.717, 1.165) is 42.8 Å². The van der Waals surface area contributed by atoms with Gasteiger partial charge in [0.25, 0.3) is 0 Å². The van der Waals surface area contributed by atoms with Gasteiger partial charge in [-0.3, -0.25) is 0 Å². The zero-order chi connectivity index (χ0) is 17.0. The quantitative estimate of drug-likeness (QED) is 0.868. The molecule has 5 heteroatoms. The van der Waals surface area contributed by atoms with Crippen molar-refractivity contribution >= 4 is 6.03 Å². The summed E-state index contributed by atoms with van der Waals surface area (Å²) < 4.78 is 5.81. The third-order valence-corrected chi connectivity index (χ3v) is 4.87. The van der Waals surface area contributed by atoms with E-state index in [1.807, 2.05) is 31.9 Å². The molecule has 5 nitrogen and oxygen atoms in total. The van der Waals surface area contributed by atoms with Crippen LogP contribution in [0.4, 0.5) is 4.79 Å². The van der Waals surface area contributed by atoms with Crippen molar-refractivity contribution in [2.75, 3.05) is 33.9 Å². The lowest BCUT2D eigenvalue weighted by molar-refractivity contribution is 0.141. The van der Waals surface area contributed by atoms with Gasteiger partial charge in [0.1, 0.15) is 5.75 Å². The van der Waals surface area contributed by atoms with E-state index in [-0.39, 0.29) is 12.8 Å². The van der Waals surface area contributed by atoms with Crippen LogP contribution in [0.5, 0.6) is 5.75 Å². The van der Waals surface area contributed by atoms with E-state index in [9.17, 15) is 4.79 Å². The Labute approximate surface area is 139 Å². The fourth-order valence-electron chi connectivity index (χ4n) is 2.99. The number of nitrogens with zero attached hydrogens (tertiary/aromatic N) is 2. The molecule has 1 aliphatic heterocycles. The van der Waals surface area contributed by atoms with Crippen molar-refractivity contribution in [3.05, 3.63) is 28.8 Å². The molecule has 0 bridgehead atoms. The Morgan fingerprint density at radius 2 is 1.87 bits per heavy atom. The first-order valence-corrected chi connectivity index (χ1v) is 8.29. The number of likely N-dealkylation sites (tertiary alicyclic amines) is 1. The Morgan fingerprint density at radius 3 is 2.52 bits per heavy atom. The minimum atomic E-state index is -0.0671. The molecule has 0 aromatic heterocycles. The van der Waals surface area contributed by atoms with Crippen LogP contribution in [-0.2, 0) is 0 Å². The smallest absolute Gasteiger partial charge is 0.319 e. The molecule has 2 rings (SSSR count). The van der Waals surface area contributed by atoms with Gasteiger partial charge < -0.3 is 19.9 Å². The predicted octanol–water partition coefficient (Wildman–Crippen LogP) is 2.68. The SMILES string of the molecule is Cc1ccc(C)c(OCNC(=O)N(C)C2CCN(C)CC2)c1C. The number of aryl methyl sites for hydroxylation is 2. The number of amides is 2. The number of ether oxygens (including phenoxy) is 1.